The van der Waals surface area contributed by atoms with Crippen molar-refractivity contribution < 1.29 is 4.92 Å². The van der Waals surface area contributed by atoms with E-state index in [9.17, 15) is 10.1 Å². The van der Waals surface area contributed by atoms with Gasteiger partial charge in [0.05, 0.1) is 17.1 Å². The average Bonchev–Trinajstić information content (AvgIpc) is 2.46. The topological polar surface area (TPSA) is 88.5 Å². The highest BCUT2D eigenvalue weighted by Gasteiger charge is 2.23. The molecule has 7 heteroatoms. The van der Waals surface area contributed by atoms with Crippen molar-refractivity contribution in [1.29, 1.82) is 0 Å². The van der Waals surface area contributed by atoms with Gasteiger partial charge in [-0.2, -0.15) is 0 Å². The second-order valence-electron chi connectivity index (χ2n) is 5.14. The minimum atomic E-state index is -0.435. The monoisotopic (exact) mass is 279 g/mol. The number of hydrogen-bond acceptors (Lipinski definition) is 6. The number of aromatic nitrogens is 1. The van der Waals surface area contributed by atoms with Gasteiger partial charge in [-0.25, -0.2) is 4.98 Å². The Morgan fingerprint density at radius 1 is 1.50 bits per heavy atom. The first-order valence-corrected chi connectivity index (χ1v) is 6.88. The van der Waals surface area contributed by atoms with Crippen LogP contribution in [0.3, 0.4) is 0 Å². The Morgan fingerprint density at radius 2 is 2.15 bits per heavy atom. The maximum atomic E-state index is 10.9. The molecule has 1 aliphatic heterocycles. The van der Waals surface area contributed by atoms with E-state index in [-0.39, 0.29) is 11.5 Å². The van der Waals surface area contributed by atoms with E-state index in [0.29, 0.717) is 11.9 Å². The number of nitrogens with zero attached hydrogens (tertiary/aromatic N) is 4. The summed E-state index contributed by atoms with van der Waals surface area (Å²) in [4.78, 5) is 19.1. The van der Waals surface area contributed by atoms with Crippen LogP contribution in [0.1, 0.15) is 19.8 Å². The van der Waals surface area contributed by atoms with Crippen molar-refractivity contribution in [3.63, 3.8) is 0 Å². The summed E-state index contributed by atoms with van der Waals surface area (Å²) in [6, 6.07) is 3.13. The molecule has 1 saturated heterocycles. The molecule has 0 amide bonds. The Kier molecular flexibility index (Phi) is 4.39. The Balaban J connectivity index is 2.13. The number of rotatable bonds is 4. The van der Waals surface area contributed by atoms with E-state index in [1.807, 2.05) is 11.9 Å². The second-order valence-corrected chi connectivity index (χ2v) is 5.14. The van der Waals surface area contributed by atoms with Gasteiger partial charge in [0.15, 0.2) is 0 Å². The third-order valence-corrected chi connectivity index (χ3v) is 3.94. The summed E-state index contributed by atoms with van der Waals surface area (Å²) in [5, 5.41) is 10.9. The van der Waals surface area contributed by atoms with Gasteiger partial charge in [0, 0.05) is 26.2 Å². The first kappa shape index (κ1) is 14.5. The lowest BCUT2D eigenvalue weighted by Crippen LogP contribution is -2.43. The highest BCUT2D eigenvalue weighted by atomic mass is 16.6. The normalized spacial score (nSPS) is 17.1. The molecule has 110 valence electrons. The predicted molar refractivity (Wildman–Crippen MR) is 78.8 cm³/mol. The molecule has 20 heavy (non-hydrogen) atoms. The SMILES string of the molecule is CCN1CCC(N(C)c2cc([N+](=O)[O-])cc(N)n2)CC1. The van der Waals surface area contributed by atoms with E-state index in [2.05, 4.69) is 16.8 Å². The van der Waals surface area contributed by atoms with Gasteiger partial charge in [0.25, 0.3) is 5.69 Å². The number of nitrogen functional groups attached to an aromatic ring is 1. The van der Waals surface area contributed by atoms with E-state index in [0.717, 1.165) is 32.5 Å². The molecule has 2 N–H and O–H groups in total. The second kappa shape index (κ2) is 6.04. The number of nitro groups is 1. The molecule has 0 aromatic carbocycles. The number of hydrogen-bond donors (Lipinski definition) is 1. The summed E-state index contributed by atoms with van der Waals surface area (Å²) in [5.41, 5.74) is 5.65. The summed E-state index contributed by atoms with van der Waals surface area (Å²) in [6.07, 6.45) is 2.07. The highest BCUT2D eigenvalue weighted by molar-refractivity contribution is 5.54. The van der Waals surface area contributed by atoms with Crippen molar-refractivity contribution in [3.8, 4) is 0 Å². The lowest BCUT2D eigenvalue weighted by molar-refractivity contribution is -0.384. The van der Waals surface area contributed by atoms with Crippen LogP contribution in [0, 0.1) is 10.1 Å². The molecule has 1 aliphatic rings. The zero-order chi connectivity index (χ0) is 14.7. The highest BCUT2D eigenvalue weighted by Crippen LogP contribution is 2.25. The van der Waals surface area contributed by atoms with Crippen LogP contribution >= 0.6 is 0 Å². The maximum absolute atomic E-state index is 10.9. The number of anilines is 2. The molecule has 0 bridgehead atoms. The van der Waals surface area contributed by atoms with E-state index < -0.39 is 4.92 Å². The minimum absolute atomic E-state index is 0.00894. The zero-order valence-corrected chi connectivity index (χ0v) is 12.0. The summed E-state index contributed by atoms with van der Waals surface area (Å²) < 4.78 is 0. The van der Waals surface area contributed by atoms with Gasteiger partial charge in [0.2, 0.25) is 0 Å². The van der Waals surface area contributed by atoms with Crippen molar-refractivity contribution in [3.05, 3.63) is 22.2 Å². The fourth-order valence-electron chi connectivity index (χ4n) is 2.62. The molecule has 0 atom stereocenters. The smallest absolute Gasteiger partial charge is 0.276 e. The van der Waals surface area contributed by atoms with Gasteiger partial charge in [0.1, 0.15) is 11.6 Å². The summed E-state index contributed by atoms with van der Waals surface area (Å²) in [5.74, 6) is 0.763. The Morgan fingerprint density at radius 3 is 2.70 bits per heavy atom. The van der Waals surface area contributed by atoms with Gasteiger partial charge in [-0.1, -0.05) is 6.92 Å². The molecule has 2 rings (SSSR count). The van der Waals surface area contributed by atoms with Gasteiger partial charge >= 0.3 is 0 Å². The molecule has 0 saturated carbocycles. The zero-order valence-electron chi connectivity index (χ0n) is 12.0. The molecule has 0 aliphatic carbocycles. The van der Waals surface area contributed by atoms with Gasteiger partial charge in [-0.15, -0.1) is 0 Å². The van der Waals surface area contributed by atoms with Crippen molar-refractivity contribution in [1.82, 2.24) is 9.88 Å². The van der Waals surface area contributed by atoms with Gasteiger partial charge < -0.3 is 15.5 Å². The first-order valence-electron chi connectivity index (χ1n) is 6.88. The van der Waals surface area contributed by atoms with E-state index >= 15 is 0 Å². The molecule has 0 unspecified atom stereocenters. The average molecular weight is 279 g/mol. The molecule has 0 spiro atoms. The van der Waals surface area contributed by atoms with Crippen LogP contribution in [0.25, 0.3) is 0 Å². The van der Waals surface area contributed by atoms with Crippen LogP contribution in [-0.2, 0) is 0 Å². The van der Waals surface area contributed by atoms with Crippen LogP contribution in [0.15, 0.2) is 12.1 Å². The number of piperidine rings is 1. The van der Waals surface area contributed by atoms with Crippen LogP contribution in [0.5, 0.6) is 0 Å². The number of pyridine rings is 1. The van der Waals surface area contributed by atoms with E-state index in [1.54, 1.807) is 0 Å². The Hall–Kier alpha value is -1.89. The third kappa shape index (κ3) is 3.16. The van der Waals surface area contributed by atoms with Crippen LogP contribution in [-0.4, -0.2) is 47.5 Å². The summed E-state index contributed by atoms with van der Waals surface area (Å²) in [7, 11) is 1.93. The first-order chi connectivity index (χ1) is 9.51. The standard InChI is InChI=1S/C13H21N5O2/c1-3-17-6-4-10(5-7-17)16(2)13-9-11(18(19)20)8-12(14)15-13/h8-10H,3-7H2,1-2H3,(H2,14,15). The van der Waals surface area contributed by atoms with Crippen LogP contribution < -0.4 is 10.6 Å². The predicted octanol–water partition coefficient (Wildman–Crippen LogP) is 1.49. The maximum Gasteiger partial charge on any atom is 0.276 e. The largest absolute Gasteiger partial charge is 0.383 e. The fourth-order valence-corrected chi connectivity index (χ4v) is 2.62. The molecular formula is C13H21N5O2. The van der Waals surface area contributed by atoms with Crippen molar-refractivity contribution in [2.45, 2.75) is 25.8 Å². The van der Waals surface area contributed by atoms with Crippen LogP contribution in [0.4, 0.5) is 17.3 Å². The lowest BCUT2D eigenvalue weighted by atomic mass is 10.0. The Bertz CT molecular complexity index is 486. The summed E-state index contributed by atoms with van der Waals surface area (Å²) in [6.45, 7) is 5.33. The van der Waals surface area contributed by atoms with Crippen LogP contribution in [0.2, 0.25) is 0 Å². The van der Waals surface area contributed by atoms with Crippen molar-refractivity contribution >= 4 is 17.3 Å². The molecule has 7 nitrogen and oxygen atoms in total. The van der Waals surface area contributed by atoms with E-state index in [1.165, 1.54) is 12.1 Å². The molecule has 0 radical (unpaired) electrons. The molecule has 1 aromatic heterocycles. The third-order valence-electron chi connectivity index (χ3n) is 3.94. The molecule has 1 fully saturated rings. The van der Waals surface area contributed by atoms with Gasteiger partial charge in [-0.05, 0) is 19.4 Å². The number of nitrogens with two attached hydrogens (primary N) is 1. The van der Waals surface area contributed by atoms with Crippen molar-refractivity contribution in [2.75, 3.05) is 37.3 Å². The van der Waals surface area contributed by atoms with E-state index in [4.69, 9.17) is 5.73 Å². The molecule has 1 aromatic rings. The summed E-state index contributed by atoms with van der Waals surface area (Å²) >= 11 is 0. The lowest BCUT2D eigenvalue weighted by Gasteiger charge is -2.36. The molecular weight excluding hydrogens is 258 g/mol. The minimum Gasteiger partial charge on any atom is -0.383 e. The van der Waals surface area contributed by atoms with Gasteiger partial charge in [-0.3, -0.25) is 10.1 Å². The van der Waals surface area contributed by atoms with Crippen molar-refractivity contribution in [2.24, 2.45) is 0 Å². The fraction of sp³-hybridized carbons (Fsp3) is 0.615. The number of likely N-dealkylation sites (tertiary alicyclic amines) is 1. The Labute approximate surface area is 118 Å². The molecule has 2 heterocycles. The quantitative estimate of drug-likeness (QED) is 0.663.